The maximum absolute atomic E-state index is 12.3. The third kappa shape index (κ3) is 4.17. The average molecular weight is 355 g/mol. The average Bonchev–Trinajstić information content (AvgIpc) is 2.95. The van der Waals surface area contributed by atoms with Crippen LogP contribution in [-0.4, -0.2) is 46.9 Å². The van der Waals surface area contributed by atoms with Crippen molar-refractivity contribution in [2.24, 2.45) is 5.73 Å². The number of nitrogens with zero attached hydrogens (tertiary/aromatic N) is 2. The molecule has 1 saturated heterocycles. The number of rotatable bonds is 5. The van der Waals surface area contributed by atoms with E-state index in [0.29, 0.717) is 26.1 Å². The molecule has 0 bridgehead atoms. The molecule has 0 saturated carbocycles. The molecule has 0 radical (unpaired) electrons. The zero-order valence-electron chi connectivity index (χ0n) is 15.2. The van der Waals surface area contributed by atoms with Gasteiger partial charge in [0.15, 0.2) is 0 Å². The molecule has 1 aliphatic rings. The van der Waals surface area contributed by atoms with E-state index < -0.39 is 0 Å². The zero-order chi connectivity index (χ0) is 18.7. The Labute approximate surface area is 152 Å². The van der Waals surface area contributed by atoms with E-state index in [-0.39, 0.29) is 23.9 Å². The molecular formula is C19H25N5O2. The van der Waals surface area contributed by atoms with Gasteiger partial charge >= 0.3 is 0 Å². The van der Waals surface area contributed by atoms with Gasteiger partial charge in [0.1, 0.15) is 0 Å². The molecule has 138 valence electrons. The fraction of sp³-hybridized carbons (Fsp3) is 0.421. The fourth-order valence-electron chi connectivity index (χ4n) is 3.42. The van der Waals surface area contributed by atoms with Crippen LogP contribution in [0.5, 0.6) is 0 Å². The van der Waals surface area contributed by atoms with Gasteiger partial charge in [-0.3, -0.25) is 19.5 Å². The lowest BCUT2D eigenvalue weighted by molar-refractivity contribution is -0.125. The molecule has 7 nitrogen and oxygen atoms in total. The van der Waals surface area contributed by atoms with Crippen LogP contribution in [0.3, 0.4) is 0 Å². The number of nitrogens with two attached hydrogens (primary N) is 1. The second-order valence-corrected chi connectivity index (χ2v) is 6.73. The molecule has 2 amide bonds. The molecule has 26 heavy (non-hydrogen) atoms. The van der Waals surface area contributed by atoms with Gasteiger partial charge in [-0.2, -0.15) is 0 Å². The van der Waals surface area contributed by atoms with Crippen molar-refractivity contribution in [3.05, 3.63) is 36.0 Å². The summed E-state index contributed by atoms with van der Waals surface area (Å²) in [6.07, 6.45) is 0.666. The van der Waals surface area contributed by atoms with Gasteiger partial charge in [-0.15, -0.1) is 0 Å². The molecule has 3 rings (SSSR count). The van der Waals surface area contributed by atoms with Crippen molar-refractivity contribution in [1.29, 1.82) is 0 Å². The van der Waals surface area contributed by atoms with E-state index in [1.165, 1.54) is 6.92 Å². The highest BCUT2D eigenvalue weighted by Gasteiger charge is 2.34. The van der Waals surface area contributed by atoms with E-state index in [1.807, 2.05) is 37.3 Å². The Morgan fingerprint density at radius 2 is 2.12 bits per heavy atom. The summed E-state index contributed by atoms with van der Waals surface area (Å²) >= 11 is 0. The zero-order valence-corrected chi connectivity index (χ0v) is 15.2. The van der Waals surface area contributed by atoms with E-state index in [1.54, 1.807) is 0 Å². The second kappa shape index (κ2) is 7.80. The van der Waals surface area contributed by atoms with Crippen LogP contribution in [-0.2, 0) is 16.1 Å². The van der Waals surface area contributed by atoms with E-state index in [2.05, 4.69) is 15.5 Å². The Morgan fingerprint density at radius 3 is 2.85 bits per heavy atom. The molecule has 2 heterocycles. The highest BCUT2D eigenvalue weighted by Crippen LogP contribution is 2.22. The van der Waals surface area contributed by atoms with Crippen LogP contribution < -0.4 is 16.4 Å². The number of hydrogen-bond donors (Lipinski definition) is 3. The number of hydrogen-bond acceptors (Lipinski definition) is 5. The lowest BCUT2D eigenvalue weighted by Crippen LogP contribution is -2.42. The molecule has 0 unspecified atom stereocenters. The Balaban J connectivity index is 1.77. The van der Waals surface area contributed by atoms with Gasteiger partial charge < -0.3 is 16.4 Å². The van der Waals surface area contributed by atoms with Crippen molar-refractivity contribution in [1.82, 2.24) is 15.2 Å². The first-order valence-electron chi connectivity index (χ1n) is 8.91. The Hall–Kier alpha value is -2.51. The topological polar surface area (TPSA) is 100 Å². The van der Waals surface area contributed by atoms with Crippen molar-refractivity contribution in [2.75, 3.05) is 18.4 Å². The van der Waals surface area contributed by atoms with E-state index in [4.69, 9.17) is 10.7 Å². The van der Waals surface area contributed by atoms with Crippen LogP contribution in [0.1, 0.15) is 26.0 Å². The normalized spacial score (nSPS) is 20.3. The quantitative estimate of drug-likeness (QED) is 0.749. The molecule has 2 atom stereocenters. The van der Waals surface area contributed by atoms with Crippen molar-refractivity contribution in [2.45, 2.75) is 38.9 Å². The standard InChI is InChI=1S/C19H25N5O2/c1-3-21-19(26)18-9-14(20)10-24(18)11-16-5-4-13-8-15(22-12(2)25)6-7-17(13)23-16/h4-8,14,18H,3,9-11,20H2,1-2H3,(H,21,26)(H,22,25)/t14-,18-/m0/s1. The summed E-state index contributed by atoms with van der Waals surface area (Å²) in [6, 6.07) is 9.37. The molecule has 0 aliphatic carbocycles. The Morgan fingerprint density at radius 1 is 1.31 bits per heavy atom. The molecular weight excluding hydrogens is 330 g/mol. The van der Waals surface area contributed by atoms with E-state index >= 15 is 0 Å². The molecule has 1 aromatic heterocycles. The van der Waals surface area contributed by atoms with Crippen molar-refractivity contribution >= 4 is 28.4 Å². The van der Waals surface area contributed by atoms with Gasteiger partial charge in [-0.25, -0.2) is 0 Å². The number of fused-ring (bicyclic) bond motifs is 1. The molecule has 7 heteroatoms. The molecule has 1 aromatic carbocycles. The predicted molar refractivity (Wildman–Crippen MR) is 102 cm³/mol. The number of aromatic nitrogens is 1. The number of benzene rings is 1. The van der Waals surface area contributed by atoms with Crippen LogP contribution in [0.15, 0.2) is 30.3 Å². The molecule has 1 fully saturated rings. The summed E-state index contributed by atoms with van der Waals surface area (Å²) in [5, 5.41) is 6.61. The minimum atomic E-state index is -0.204. The van der Waals surface area contributed by atoms with Crippen LogP contribution in [0.4, 0.5) is 5.69 Å². The summed E-state index contributed by atoms with van der Waals surface area (Å²) in [5.74, 6) is -0.0723. The summed E-state index contributed by atoms with van der Waals surface area (Å²) in [5.41, 5.74) is 8.58. The largest absolute Gasteiger partial charge is 0.355 e. The van der Waals surface area contributed by atoms with E-state index in [9.17, 15) is 9.59 Å². The first-order chi connectivity index (χ1) is 12.5. The first-order valence-corrected chi connectivity index (χ1v) is 8.91. The smallest absolute Gasteiger partial charge is 0.237 e. The number of anilines is 1. The first kappa shape index (κ1) is 18.3. The van der Waals surface area contributed by atoms with Crippen molar-refractivity contribution in [3.8, 4) is 0 Å². The SMILES string of the molecule is CCNC(=O)[C@@H]1C[C@H](N)CN1Cc1ccc2cc(NC(C)=O)ccc2n1. The number of amides is 2. The molecule has 2 aromatic rings. The van der Waals surface area contributed by atoms with Crippen LogP contribution >= 0.6 is 0 Å². The third-order valence-electron chi connectivity index (χ3n) is 4.52. The van der Waals surface area contributed by atoms with Gasteiger partial charge in [0.25, 0.3) is 0 Å². The van der Waals surface area contributed by atoms with Gasteiger partial charge in [-0.05, 0) is 37.6 Å². The second-order valence-electron chi connectivity index (χ2n) is 6.73. The fourth-order valence-corrected chi connectivity index (χ4v) is 3.42. The highest BCUT2D eigenvalue weighted by molar-refractivity contribution is 5.92. The van der Waals surface area contributed by atoms with Gasteiger partial charge in [0.2, 0.25) is 11.8 Å². The maximum atomic E-state index is 12.3. The summed E-state index contributed by atoms with van der Waals surface area (Å²) < 4.78 is 0. The number of nitrogens with one attached hydrogen (secondary N) is 2. The molecule has 1 aliphatic heterocycles. The monoisotopic (exact) mass is 355 g/mol. The minimum absolute atomic E-state index is 0.00303. The third-order valence-corrected chi connectivity index (χ3v) is 4.52. The number of pyridine rings is 1. The van der Waals surface area contributed by atoms with Crippen molar-refractivity contribution < 1.29 is 9.59 Å². The van der Waals surface area contributed by atoms with Crippen LogP contribution in [0.25, 0.3) is 10.9 Å². The number of likely N-dealkylation sites (tertiary alicyclic amines) is 1. The van der Waals surface area contributed by atoms with Crippen molar-refractivity contribution in [3.63, 3.8) is 0 Å². The molecule has 4 N–H and O–H groups in total. The Bertz CT molecular complexity index is 823. The lowest BCUT2D eigenvalue weighted by atomic mass is 10.1. The lowest BCUT2D eigenvalue weighted by Gasteiger charge is -2.23. The van der Waals surface area contributed by atoms with Crippen LogP contribution in [0.2, 0.25) is 0 Å². The maximum Gasteiger partial charge on any atom is 0.237 e. The minimum Gasteiger partial charge on any atom is -0.355 e. The summed E-state index contributed by atoms with van der Waals surface area (Å²) in [6.45, 7) is 5.28. The van der Waals surface area contributed by atoms with Gasteiger partial charge in [-0.1, -0.05) is 6.07 Å². The number of carbonyl (C=O) groups excluding carboxylic acids is 2. The number of likely N-dealkylation sites (N-methyl/N-ethyl adjacent to an activating group) is 1. The van der Waals surface area contributed by atoms with E-state index in [0.717, 1.165) is 22.3 Å². The molecule has 0 spiro atoms. The van der Waals surface area contributed by atoms with Gasteiger partial charge in [0.05, 0.1) is 17.3 Å². The number of carbonyl (C=O) groups is 2. The summed E-state index contributed by atoms with van der Waals surface area (Å²) in [7, 11) is 0. The van der Waals surface area contributed by atoms with Gasteiger partial charge in [0, 0.05) is 43.7 Å². The predicted octanol–water partition coefficient (Wildman–Crippen LogP) is 1.23. The highest BCUT2D eigenvalue weighted by atomic mass is 16.2. The van der Waals surface area contributed by atoms with Crippen LogP contribution in [0, 0.1) is 0 Å². The summed E-state index contributed by atoms with van der Waals surface area (Å²) in [4.78, 5) is 30.2. The Kier molecular flexibility index (Phi) is 5.49.